The number of aromatic nitrogens is 3. The molecule has 1 aliphatic heterocycles. The fourth-order valence-electron chi connectivity index (χ4n) is 3.71. The molecule has 1 amide bonds. The number of nitrogens with one attached hydrogen (secondary N) is 3. The zero-order valence-corrected chi connectivity index (χ0v) is 19.4. The van der Waals surface area contributed by atoms with Crippen molar-refractivity contribution in [1.82, 2.24) is 15.2 Å². The van der Waals surface area contributed by atoms with Gasteiger partial charge in [0.25, 0.3) is 0 Å². The van der Waals surface area contributed by atoms with Crippen LogP contribution in [0.4, 0.5) is 16.6 Å². The van der Waals surface area contributed by atoms with Gasteiger partial charge in [-0.1, -0.05) is 17.4 Å². The monoisotopic (exact) mass is 486 g/mol. The van der Waals surface area contributed by atoms with Crippen molar-refractivity contribution < 1.29 is 17.9 Å². The summed E-state index contributed by atoms with van der Waals surface area (Å²) in [6, 6.07) is 10.8. The van der Waals surface area contributed by atoms with Gasteiger partial charge >= 0.3 is 0 Å². The zero-order chi connectivity index (χ0) is 23.0. The van der Waals surface area contributed by atoms with Gasteiger partial charge in [0, 0.05) is 24.2 Å². The molecule has 4 aromatic rings. The van der Waals surface area contributed by atoms with Crippen LogP contribution in [0.15, 0.2) is 36.4 Å². The predicted octanol–water partition coefficient (Wildman–Crippen LogP) is 2.56. The summed E-state index contributed by atoms with van der Waals surface area (Å²) < 4.78 is 31.9. The van der Waals surface area contributed by atoms with E-state index in [1.807, 2.05) is 18.2 Å². The Labute approximate surface area is 194 Å². The summed E-state index contributed by atoms with van der Waals surface area (Å²) in [5, 5.41) is 11.4. The Bertz CT molecular complexity index is 1440. The smallest absolute Gasteiger partial charge is 0.230 e. The highest BCUT2D eigenvalue weighted by atomic mass is 32.2. The lowest BCUT2D eigenvalue weighted by Gasteiger charge is -2.25. The number of carbonyl (C=O) groups excluding carboxylic acids is 1. The number of sulfonamides is 1. The highest BCUT2D eigenvalue weighted by molar-refractivity contribution is 7.92. The van der Waals surface area contributed by atoms with Crippen LogP contribution in [0, 0.1) is 0 Å². The molecule has 5 rings (SSSR count). The second-order valence-corrected chi connectivity index (χ2v) is 10.6. The van der Waals surface area contributed by atoms with Crippen LogP contribution in [-0.2, 0) is 26.0 Å². The minimum absolute atomic E-state index is 0.177. The number of morpholine rings is 1. The first-order chi connectivity index (χ1) is 15.8. The Hall–Kier alpha value is -3.22. The number of amides is 1. The lowest BCUT2D eigenvalue weighted by Crippen LogP contribution is -2.36. The Kier molecular flexibility index (Phi) is 5.64. The maximum absolute atomic E-state index is 12.7. The summed E-state index contributed by atoms with van der Waals surface area (Å²) in [7, 11) is -3.41. The number of ether oxygens (including phenoxy) is 1. The van der Waals surface area contributed by atoms with E-state index in [0.717, 1.165) is 40.3 Å². The molecule has 0 saturated carbocycles. The average Bonchev–Trinajstić information content (AvgIpc) is 3.37. The Morgan fingerprint density at radius 3 is 2.82 bits per heavy atom. The molecule has 0 aliphatic carbocycles. The van der Waals surface area contributed by atoms with Gasteiger partial charge in [0.15, 0.2) is 10.9 Å². The minimum Gasteiger partial charge on any atom is -0.378 e. The summed E-state index contributed by atoms with van der Waals surface area (Å²) in [6.07, 6.45) is 1.26. The van der Waals surface area contributed by atoms with E-state index in [1.165, 1.54) is 0 Å². The molecule has 12 heteroatoms. The van der Waals surface area contributed by atoms with Crippen molar-refractivity contribution in [3.63, 3.8) is 0 Å². The molecule has 0 radical (unpaired) electrons. The summed E-state index contributed by atoms with van der Waals surface area (Å²) in [5.41, 5.74) is 2.87. The Morgan fingerprint density at radius 1 is 1.21 bits per heavy atom. The third kappa shape index (κ3) is 4.92. The summed E-state index contributed by atoms with van der Waals surface area (Å²) in [4.78, 5) is 19.6. The molecule has 2 aromatic carbocycles. The van der Waals surface area contributed by atoms with E-state index in [-0.39, 0.29) is 12.3 Å². The number of nitrogens with zero attached hydrogens (tertiary/aromatic N) is 3. The molecule has 1 fully saturated rings. The molecule has 0 atom stereocenters. The van der Waals surface area contributed by atoms with Gasteiger partial charge in [-0.3, -0.25) is 14.6 Å². The molecular weight excluding hydrogens is 464 g/mol. The van der Waals surface area contributed by atoms with Crippen LogP contribution in [0.5, 0.6) is 0 Å². The van der Waals surface area contributed by atoms with E-state index in [2.05, 4.69) is 25.1 Å². The third-order valence-corrected chi connectivity index (χ3v) is 6.90. The van der Waals surface area contributed by atoms with Gasteiger partial charge in [-0.05, 0) is 35.9 Å². The predicted molar refractivity (Wildman–Crippen MR) is 130 cm³/mol. The zero-order valence-electron chi connectivity index (χ0n) is 17.8. The Morgan fingerprint density at radius 2 is 2.03 bits per heavy atom. The van der Waals surface area contributed by atoms with Gasteiger partial charge in [0.05, 0.1) is 41.6 Å². The van der Waals surface area contributed by atoms with Gasteiger partial charge in [0.1, 0.15) is 0 Å². The SMILES string of the molecule is CS(=O)(=O)Nc1ccc2[nH]nc(NC(=O)Cc3ccc4nc(N5CCOCC5)sc4c3)c2c1. The fourth-order valence-corrected chi connectivity index (χ4v) is 5.34. The number of hydrogen-bond acceptors (Lipinski definition) is 8. The second-order valence-electron chi connectivity index (χ2n) is 7.83. The number of H-pyrrole nitrogens is 1. The topological polar surface area (TPSA) is 129 Å². The molecule has 1 saturated heterocycles. The van der Waals surface area contributed by atoms with Crippen molar-refractivity contribution in [1.29, 1.82) is 0 Å². The van der Waals surface area contributed by atoms with Crippen LogP contribution in [0.2, 0.25) is 0 Å². The number of benzene rings is 2. The molecule has 0 spiro atoms. The van der Waals surface area contributed by atoms with Gasteiger partial charge in [0.2, 0.25) is 15.9 Å². The number of carbonyl (C=O) groups is 1. The van der Waals surface area contributed by atoms with E-state index < -0.39 is 10.0 Å². The highest BCUT2D eigenvalue weighted by Crippen LogP contribution is 2.30. The molecule has 3 heterocycles. The quantitative estimate of drug-likeness (QED) is 0.382. The van der Waals surface area contributed by atoms with Crippen LogP contribution in [-0.4, -0.2) is 62.1 Å². The third-order valence-electron chi connectivity index (χ3n) is 5.21. The van der Waals surface area contributed by atoms with Crippen LogP contribution in [0.25, 0.3) is 21.1 Å². The summed E-state index contributed by atoms with van der Waals surface area (Å²) in [5.74, 6) is 0.128. The first-order valence-electron chi connectivity index (χ1n) is 10.3. The number of thiazole rings is 1. The minimum atomic E-state index is -3.41. The summed E-state index contributed by atoms with van der Waals surface area (Å²) >= 11 is 1.61. The number of rotatable bonds is 6. The number of hydrogen-bond donors (Lipinski definition) is 3. The van der Waals surface area contributed by atoms with Crippen molar-refractivity contribution in [2.45, 2.75) is 6.42 Å². The van der Waals surface area contributed by atoms with Gasteiger partial charge in [-0.2, -0.15) is 5.10 Å². The maximum atomic E-state index is 12.7. The van der Waals surface area contributed by atoms with Crippen LogP contribution in [0.3, 0.4) is 0 Å². The van der Waals surface area contributed by atoms with Crippen LogP contribution in [0.1, 0.15) is 5.56 Å². The molecule has 10 nitrogen and oxygen atoms in total. The molecular formula is C21H22N6O4S2. The molecule has 0 bridgehead atoms. The maximum Gasteiger partial charge on any atom is 0.230 e. The highest BCUT2D eigenvalue weighted by Gasteiger charge is 2.16. The number of anilines is 3. The Balaban J connectivity index is 1.31. The average molecular weight is 487 g/mol. The van der Waals surface area contributed by atoms with E-state index in [0.29, 0.717) is 35.6 Å². The normalized spacial score (nSPS) is 14.6. The number of fused-ring (bicyclic) bond motifs is 2. The second kappa shape index (κ2) is 8.61. The molecule has 0 unspecified atom stereocenters. The standard InChI is InChI=1S/C21H22N6O4S2/c1-33(29,30)26-14-3-5-16-15(12-14)20(25-24-16)23-19(28)11-13-2-4-17-18(10-13)32-21(22-17)27-6-8-31-9-7-27/h2-5,10,12,26H,6-9,11H2,1H3,(H2,23,24,25,28). The lowest BCUT2D eigenvalue weighted by molar-refractivity contribution is -0.115. The molecule has 3 N–H and O–H groups in total. The fraction of sp³-hybridized carbons (Fsp3) is 0.286. The van der Waals surface area contributed by atoms with Crippen molar-refractivity contribution in [2.24, 2.45) is 0 Å². The van der Waals surface area contributed by atoms with Crippen molar-refractivity contribution >= 4 is 65.0 Å². The molecule has 2 aromatic heterocycles. The lowest BCUT2D eigenvalue weighted by atomic mass is 10.1. The van der Waals surface area contributed by atoms with E-state index >= 15 is 0 Å². The van der Waals surface area contributed by atoms with E-state index in [9.17, 15) is 13.2 Å². The molecule has 1 aliphatic rings. The molecule has 33 heavy (non-hydrogen) atoms. The molecule has 172 valence electrons. The van der Waals surface area contributed by atoms with Gasteiger partial charge < -0.3 is 15.0 Å². The largest absolute Gasteiger partial charge is 0.378 e. The summed E-state index contributed by atoms with van der Waals surface area (Å²) in [6.45, 7) is 3.06. The number of aromatic amines is 1. The van der Waals surface area contributed by atoms with E-state index in [4.69, 9.17) is 9.72 Å². The van der Waals surface area contributed by atoms with E-state index in [1.54, 1.807) is 29.5 Å². The first kappa shape index (κ1) is 21.6. The van der Waals surface area contributed by atoms with Crippen molar-refractivity contribution in [3.05, 3.63) is 42.0 Å². The van der Waals surface area contributed by atoms with Crippen LogP contribution < -0.4 is 14.9 Å². The van der Waals surface area contributed by atoms with Crippen molar-refractivity contribution in [3.8, 4) is 0 Å². The van der Waals surface area contributed by atoms with Crippen molar-refractivity contribution in [2.75, 3.05) is 47.5 Å². The van der Waals surface area contributed by atoms with Crippen LogP contribution >= 0.6 is 11.3 Å². The first-order valence-corrected chi connectivity index (χ1v) is 13.0. The van der Waals surface area contributed by atoms with Gasteiger partial charge in [-0.15, -0.1) is 0 Å². The van der Waals surface area contributed by atoms with Gasteiger partial charge in [-0.25, -0.2) is 13.4 Å².